The Morgan fingerprint density at radius 2 is 2.27 bits per heavy atom. The Morgan fingerprint density at radius 1 is 1.35 bits per heavy atom. The van der Waals surface area contributed by atoms with Crippen molar-refractivity contribution >= 4 is 11.8 Å². The van der Waals surface area contributed by atoms with Crippen LogP contribution in [0.5, 0.6) is 5.75 Å². The number of benzene rings is 1. The van der Waals surface area contributed by atoms with Gasteiger partial charge in [-0.2, -0.15) is 0 Å². The number of hydrogen-bond acceptors (Lipinski definition) is 7. The molecule has 3 atom stereocenters. The molecule has 2 aromatic rings. The first-order chi connectivity index (χ1) is 18.0. The van der Waals surface area contributed by atoms with Crippen molar-refractivity contribution in [3.05, 3.63) is 53.2 Å². The number of anilines is 1. The van der Waals surface area contributed by atoms with E-state index < -0.39 is 5.67 Å². The van der Waals surface area contributed by atoms with Gasteiger partial charge >= 0.3 is 5.97 Å². The first kappa shape index (κ1) is 25.9. The molecule has 8 heteroatoms. The normalized spacial score (nSPS) is 24.3. The van der Waals surface area contributed by atoms with E-state index in [4.69, 9.17) is 19.2 Å². The SMILES string of the molecule is COC(=O)C[C@H](CN1CC[C@@](F)(CCc2ccc3c(n2)NCCC3)C1)c1cccc(O[C@@H]2CCOC2)c1. The Labute approximate surface area is 218 Å². The third-order valence-corrected chi connectivity index (χ3v) is 7.80. The zero-order chi connectivity index (χ0) is 25.7. The summed E-state index contributed by atoms with van der Waals surface area (Å²) in [6.07, 6.45) is 4.91. The maximum atomic E-state index is 15.9. The maximum absolute atomic E-state index is 15.9. The van der Waals surface area contributed by atoms with E-state index in [-0.39, 0.29) is 24.4 Å². The van der Waals surface area contributed by atoms with Crippen molar-refractivity contribution in [3.63, 3.8) is 0 Å². The fraction of sp³-hybridized carbons (Fsp3) is 0.586. The van der Waals surface area contributed by atoms with E-state index in [1.54, 1.807) is 0 Å². The fourth-order valence-corrected chi connectivity index (χ4v) is 5.66. The molecular weight excluding hydrogens is 473 g/mol. The summed E-state index contributed by atoms with van der Waals surface area (Å²) in [5.74, 6) is 1.36. The summed E-state index contributed by atoms with van der Waals surface area (Å²) < 4.78 is 32.3. The molecular formula is C29H38FN3O4. The molecule has 0 unspecified atom stereocenters. The highest BCUT2D eigenvalue weighted by Gasteiger charge is 2.39. The van der Waals surface area contributed by atoms with Crippen molar-refractivity contribution in [2.24, 2.45) is 0 Å². The molecule has 5 rings (SSSR count). The monoisotopic (exact) mass is 511 g/mol. The number of aromatic nitrogens is 1. The molecule has 3 aliphatic heterocycles. The van der Waals surface area contributed by atoms with Gasteiger partial charge in [0.1, 0.15) is 23.3 Å². The molecule has 7 nitrogen and oxygen atoms in total. The summed E-state index contributed by atoms with van der Waals surface area (Å²) in [7, 11) is 1.41. The summed E-state index contributed by atoms with van der Waals surface area (Å²) in [6, 6.07) is 12.1. The van der Waals surface area contributed by atoms with Gasteiger partial charge in [-0.05, 0) is 61.4 Å². The number of nitrogens with one attached hydrogen (secondary N) is 1. The molecule has 0 saturated carbocycles. The lowest BCUT2D eigenvalue weighted by Gasteiger charge is -2.26. The van der Waals surface area contributed by atoms with E-state index >= 15 is 4.39 Å². The molecule has 2 fully saturated rings. The number of rotatable bonds is 10. The van der Waals surface area contributed by atoms with Crippen LogP contribution in [-0.2, 0) is 27.1 Å². The number of fused-ring (bicyclic) bond motifs is 1. The van der Waals surface area contributed by atoms with Crippen LogP contribution in [0.25, 0.3) is 0 Å². The smallest absolute Gasteiger partial charge is 0.306 e. The second-order valence-electron chi connectivity index (χ2n) is 10.6. The van der Waals surface area contributed by atoms with Crippen LogP contribution >= 0.6 is 0 Å². The van der Waals surface area contributed by atoms with Crippen LogP contribution in [0.2, 0.25) is 0 Å². The quantitative estimate of drug-likeness (QED) is 0.477. The lowest BCUT2D eigenvalue weighted by Crippen LogP contribution is -2.33. The van der Waals surface area contributed by atoms with E-state index in [2.05, 4.69) is 16.3 Å². The average Bonchev–Trinajstić information content (AvgIpc) is 3.57. The Bertz CT molecular complexity index is 1080. The maximum Gasteiger partial charge on any atom is 0.306 e. The topological polar surface area (TPSA) is 72.9 Å². The number of carbonyl (C=O) groups excluding carboxylic acids is 1. The second-order valence-corrected chi connectivity index (χ2v) is 10.6. The molecule has 1 aromatic carbocycles. The van der Waals surface area contributed by atoms with Crippen molar-refractivity contribution in [1.82, 2.24) is 9.88 Å². The molecule has 0 bridgehead atoms. The van der Waals surface area contributed by atoms with Crippen molar-refractivity contribution in [3.8, 4) is 5.75 Å². The zero-order valence-corrected chi connectivity index (χ0v) is 21.7. The lowest BCUT2D eigenvalue weighted by molar-refractivity contribution is -0.141. The first-order valence-corrected chi connectivity index (χ1v) is 13.5. The standard InChI is InChI=1S/C29H38FN3O4/c1-35-27(34)17-23(22-4-2-6-25(16-22)37-26-10-15-36-19-26)18-33-14-12-29(30,20-33)11-9-24-8-7-21-5-3-13-31-28(21)32-24/h2,4,6-8,16,23,26H,3,5,9-15,17-20H2,1H3,(H,31,32)/t23-,26-,29+/m1/s1. The molecule has 0 radical (unpaired) electrons. The van der Waals surface area contributed by atoms with E-state index in [9.17, 15) is 4.79 Å². The van der Waals surface area contributed by atoms with Crippen LogP contribution in [0.15, 0.2) is 36.4 Å². The Balaban J connectivity index is 1.21. The molecule has 0 amide bonds. The van der Waals surface area contributed by atoms with E-state index in [1.165, 1.54) is 12.7 Å². The Morgan fingerprint density at radius 3 is 3.11 bits per heavy atom. The minimum Gasteiger partial charge on any atom is -0.488 e. The number of esters is 1. The predicted octanol–water partition coefficient (Wildman–Crippen LogP) is 4.30. The molecule has 0 spiro atoms. The first-order valence-electron chi connectivity index (χ1n) is 13.5. The Kier molecular flexibility index (Phi) is 8.25. The number of pyridine rings is 1. The van der Waals surface area contributed by atoms with Gasteiger partial charge in [0.2, 0.25) is 0 Å². The highest BCUT2D eigenvalue weighted by atomic mass is 19.1. The number of ether oxygens (including phenoxy) is 3. The van der Waals surface area contributed by atoms with Crippen molar-refractivity contribution in [2.75, 3.05) is 51.8 Å². The zero-order valence-electron chi connectivity index (χ0n) is 21.7. The Hall–Kier alpha value is -2.71. The van der Waals surface area contributed by atoms with Gasteiger partial charge in [-0.25, -0.2) is 9.37 Å². The van der Waals surface area contributed by atoms with Crippen LogP contribution in [0.3, 0.4) is 0 Å². The molecule has 4 heterocycles. The summed E-state index contributed by atoms with van der Waals surface area (Å²) >= 11 is 0. The molecule has 37 heavy (non-hydrogen) atoms. The van der Waals surface area contributed by atoms with Gasteiger partial charge in [0.15, 0.2) is 0 Å². The van der Waals surface area contributed by atoms with Crippen LogP contribution in [0.4, 0.5) is 10.2 Å². The van der Waals surface area contributed by atoms with Gasteiger partial charge in [0.25, 0.3) is 0 Å². The molecule has 0 aliphatic carbocycles. The molecule has 200 valence electrons. The number of carbonyl (C=O) groups is 1. The van der Waals surface area contributed by atoms with Crippen molar-refractivity contribution in [1.29, 1.82) is 0 Å². The summed E-state index contributed by atoms with van der Waals surface area (Å²) in [5, 5.41) is 3.36. The highest BCUT2D eigenvalue weighted by molar-refractivity contribution is 5.70. The lowest BCUT2D eigenvalue weighted by atomic mass is 9.94. The molecule has 2 saturated heterocycles. The van der Waals surface area contributed by atoms with Gasteiger partial charge in [-0.1, -0.05) is 18.2 Å². The number of hydrogen-bond donors (Lipinski definition) is 1. The van der Waals surface area contributed by atoms with Gasteiger partial charge < -0.3 is 19.5 Å². The third-order valence-electron chi connectivity index (χ3n) is 7.80. The van der Waals surface area contributed by atoms with Crippen LogP contribution < -0.4 is 10.1 Å². The fourth-order valence-electron chi connectivity index (χ4n) is 5.66. The number of nitrogens with zero attached hydrogens (tertiary/aromatic N) is 2. The van der Waals surface area contributed by atoms with Gasteiger partial charge in [0, 0.05) is 44.2 Å². The molecule has 1 N–H and O–H groups in total. The summed E-state index contributed by atoms with van der Waals surface area (Å²) in [4.78, 5) is 19.1. The number of aryl methyl sites for hydroxylation is 2. The number of halogens is 1. The highest BCUT2D eigenvalue weighted by Crippen LogP contribution is 2.34. The van der Waals surface area contributed by atoms with E-state index in [0.717, 1.165) is 48.6 Å². The van der Waals surface area contributed by atoms with Crippen molar-refractivity contribution < 1.29 is 23.4 Å². The number of methoxy groups -OCH3 is 1. The third kappa shape index (κ3) is 6.79. The van der Waals surface area contributed by atoms with Gasteiger partial charge in [0.05, 0.1) is 26.7 Å². The molecule has 3 aliphatic rings. The minimum absolute atomic E-state index is 0.0560. The van der Waals surface area contributed by atoms with Crippen LogP contribution in [0, 0.1) is 0 Å². The van der Waals surface area contributed by atoms with Crippen LogP contribution in [0.1, 0.15) is 54.8 Å². The number of alkyl halides is 1. The summed E-state index contributed by atoms with van der Waals surface area (Å²) in [6.45, 7) is 3.89. The van der Waals surface area contributed by atoms with E-state index in [1.807, 2.05) is 30.3 Å². The summed E-state index contributed by atoms with van der Waals surface area (Å²) in [5.41, 5.74) is 1.94. The molecule has 1 aromatic heterocycles. The average molecular weight is 512 g/mol. The minimum atomic E-state index is -1.26. The number of likely N-dealkylation sites (tertiary alicyclic amines) is 1. The van der Waals surface area contributed by atoms with E-state index in [0.29, 0.717) is 52.1 Å². The predicted molar refractivity (Wildman–Crippen MR) is 140 cm³/mol. The van der Waals surface area contributed by atoms with Crippen LogP contribution in [-0.4, -0.2) is 74.1 Å². The second kappa shape index (κ2) is 11.8. The van der Waals surface area contributed by atoms with Crippen molar-refractivity contribution in [2.45, 2.75) is 62.6 Å². The largest absolute Gasteiger partial charge is 0.488 e. The van der Waals surface area contributed by atoms with Gasteiger partial charge in [-0.3, -0.25) is 9.69 Å². The van der Waals surface area contributed by atoms with Gasteiger partial charge in [-0.15, -0.1) is 0 Å².